The number of amides is 1. The molecule has 0 aliphatic rings. The van der Waals surface area contributed by atoms with E-state index in [4.69, 9.17) is 26.8 Å². The zero-order valence-corrected chi connectivity index (χ0v) is 12.1. The topological polar surface area (TPSA) is 73.6 Å². The summed E-state index contributed by atoms with van der Waals surface area (Å²) in [5.74, 6) is 0.788. The summed E-state index contributed by atoms with van der Waals surface area (Å²) < 4.78 is 10.9. The molecule has 3 N–H and O–H groups in total. The first kappa shape index (κ1) is 15.6. The van der Waals surface area contributed by atoms with Crippen LogP contribution in [0.25, 0.3) is 0 Å². The SMILES string of the molecule is CNC(=O)C(C)Oc1c(CCN)cc(Cl)cc1OC. The van der Waals surface area contributed by atoms with Gasteiger partial charge in [0.15, 0.2) is 17.6 Å². The van der Waals surface area contributed by atoms with Crippen LogP contribution in [-0.2, 0) is 11.2 Å². The smallest absolute Gasteiger partial charge is 0.260 e. The van der Waals surface area contributed by atoms with E-state index in [1.54, 1.807) is 26.1 Å². The number of ether oxygens (including phenoxy) is 2. The highest BCUT2D eigenvalue weighted by Gasteiger charge is 2.19. The zero-order valence-electron chi connectivity index (χ0n) is 11.3. The number of methoxy groups -OCH3 is 1. The molecule has 0 aliphatic heterocycles. The Hall–Kier alpha value is -1.46. The fourth-order valence-electron chi connectivity index (χ4n) is 1.68. The van der Waals surface area contributed by atoms with Gasteiger partial charge in [-0.2, -0.15) is 0 Å². The quantitative estimate of drug-likeness (QED) is 0.828. The van der Waals surface area contributed by atoms with Gasteiger partial charge < -0.3 is 20.5 Å². The zero-order chi connectivity index (χ0) is 14.4. The van der Waals surface area contributed by atoms with Crippen LogP contribution >= 0.6 is 11.6 Å². The molecule has 0 saturated heterocycles. The molecule has 1 aromatic carbocycles. The second kappa shape index (κ2) is 7.21. The molecule has 0 saturated carbocycles. The third-order valence-corrected chi connectivity index (χ3v) is 2.86. The number of hydrogen-bond donors (Lipinski definition) is 2. The molecule has 1 rings (SSSR count). The Morgan fingerprint density at radius 2 is 2.21 bits per heavy atom. The normalized spacial score (nSPS) is 11.8. The lowest BCUT2D eigenvalue weighted by Crippen LogP contribution is -2.34. The van der Waals surface area contributed by atoms with E-state index in [1.807, 2.05) is 0 Å². The molecule has 1 aromatic rings. The first-order chi connectivity index (χ1) is 9.03. The maximum atomic E-state index is 11.5. The minimum Gasteiger partial charge on any atom is -0.493 e. The van der Waals surface area contributed by atoms with Crippen LogP contribution in [-0.4, -0.2) is 32.7 Å². The van der Waals surface area contributed by atoms with E-state index in [1.165, 1.54) is 7.11 Å². The van der Waals surface area contributed by atoms with Crippen molar-refractivity contribution >= 4 is 17.5 Å². The van der Waals surface area contributed by atoms with Gasteiger partial charge in [-0.15, -0.1) is 0 Å². The predicted molar refractivity (Wildman–Crippen MR) is 74.9 cm³/mol. The van der Waals surface area contributed by atoms with Crippen molar-refractivity contribution in [1.29, 1.82) is 0 Å². The van der Waals surface area contributed by atoms with Gasteiger partial charge in [-0.25, -0.2) is 0 Å². The maximum absolute atomic E-state index is 11.5. The summed E-state index contributed by atoms with van der Waals surface area (Å²) in [7, 11) is 3.08. The van der Waals surface area contributed by atoms with Gasteiger partial charge >= 0.3 is 0 Å². The van der Waals surface area contributed by atoms with Gasteiger partial charge in [-0.05, 0) is 26.0 Å². The van der Waals surface area contributed by atoms with E-state index in [2.05, 4.69) is 5.32 Å². The predicted octanol–water partition coefficient (Wildman–Crippen LogP) is 1.36. The van der Waals surface area contributed by atoms with E-state index in [0.717, 1.165) is 5.56 Å². The lowest BCUT2D eigenvalue weighted by Gasteiger charge is -2.19. The van der Waals surface area contributed by atoms with E-state index in [-0.39, 0.29) is 5.91 Å². The lowest BCUT2D eigenvalue weighted by molar-refractivity contribution is -0.126. The highest BCUT2D eigenvalue weighted by Crippen LogP contribution is 2.35. The van der Waals surface area contributed by atoms with E-state index in [9.17, 15) is 4.79 Å². The van der Waals surface area contributed by atoms with Crippen molar-refractivity contribution in [3.05, 3.63) is 22.7 Å². The van der Waals surface area contributed by atoms with Crippen LogP contribution < -0.4 is 20.5 Å². The van der Waals surface area contributed by atoms with E-state index in [0.29, 0.717) is 29.5 Å². The number of halogens is 1. The molecule has 1 atom stereocenters. The van der Waals surface area contributed by atoms with E-state index >= 15 is 0 Å². The van der Waals surface area contributed by atoms with Gasteiger partial charge in [0.25, 0.3) is 5.91 Å². The molecule has 106 valence electrons. The largest absolute Gasteiger partial charge is 0.493 e. The van der Waals surface area contributed by atoms with Crippen molar-refractivity contribution in [2.45, 2.75) is 19.4 Å². The maximum Gasteiger partial charge on any atom is 0.260 e. The third-order valence-electron chi connectivity index (χ3n) is 2.64. The second-order valence-electron chi connectivity index (χ2n) is 4.01. The van der Waals surface area contributed by atoms with Crippen molar-refractivity contribution in [3.8, 4) is 11.5 Å². The van der Waals surface area contributed by atoms with Crippen molar-refractivity contribution < 1.29 is 14.3 Å². The highest BCUT2D eigenvalue weighted by molar-refractivity contribution is 6.30. The standard InChI is InChI=1S/C13H19ClN2O3/c1-8(13(17)16-2)19-12-9(4-5-15)6-10(14)7-11(12)18-3/h6-8H,4-5,15H2,1-3H3,(H,16,17). The summed E-state index contributed by atoms with van der Waals surface area (Å²) in [6.07, 6.45) is -0.0382. The first-order valence-electron chi connectivity index (χ1n) is 5.98. The molecule has 6 heteroatoms. The van der Waals surface area contributed by atoms with Crippen molar-refractivity contribution in [2.24, 2.45) is 5.73 Å². The number of rotatable bonds is 6. The summed E-state index contributed by atoms with van der Waals surface area (Å²) in [6, 6.07) is 3.41. The molecule has 5 nitrogen and oxygen atoms in total. The Bertz CT molecular complexity index is 452. The minimum absolute atomic E-state index is 0.212. The molecule has 19 heavy (non-hydrogen) atoms. The van der Waals surface area contributed by atoms with Crippen LogP contribution in [0.1, 0.15) is 12.5 Å². The molecular weight excluding hydrogens is 268 g/mol. The molecule has 1 unspecified atom stereocenters. The number of hydrogen-bond acceptors (Lipinski definition) is 4. The van der Waals surface area contributed by atoms with Crippen LogP contribution in [0.15, 0.2) is 12.1 Å². The average Bonchev–Trinajstić information content (AvgIpc) is 2.40. The van der Waals surface area contributed by atoms with Gasteiger partial charge in [0.1, 0.15) is 0 Å². The molecule has 0 radical (unpaired) electrons. The van der Waals surface area contributed by atoms with Gasteiger partial charge in [0.05, 0.1) is 7.11 Å². The highest BCUT2D eigenvalue weighted by atomic mass is 35.5. The molecule has 0 heterocycles. The van der Waals surface area contributed by atoms with E-state index < -0.39 is 6.10 Å². The molecule has 0 spiro atoms. The van der Waals surface area contributed by atoms with Crippen LogP contribution in [0.2, 0.25) is 5.02 Å². The molecule has 0 aromatic heterocycles. The number of nitrogens with one attached hydrogen (secondary N) is 1. The van der Waals surface area contributed by atoms with Crippen molar-refractivity contribution in [3.63, 3.8) is 0 Å². The second-order valence-corrected chi connectivity index (χ2v) is 4.45. The molecule has 0 fully saturated rings. The fraction of sp³-hybridized carbons (Fsp3) is 0.462. The number of nitrogens with two attached hydrogens (primary N) is 1. The molecule has 0 aliphatic carbocycles. The first-order valence-corrected chi connectivity index (χ1v) is 6.36. The Labute approximate surface area is 118 Å². The summed E-state index contributed by atoms with van der Waals surface area (Å²) in [6.45, 7) is 2.12. The minimum atomic E-state index is -0.628. The Balaban J connectivity index is 3.11. The number of carbonyl (C=O) groups is 1. The van der Waals surface area contributed by atoms with Gasteiger partial charge in [0, 0.05) is 23.7 Å². The summed E-state index contributed by atoms with van der Waals surface area (Å²) in [5, 5.41) is 3.07. The molecule has 1 amide bonds. The number of carbonyl (C=O) groups excluding carboxylic acids is 1. The van der Waals surface area contributed by atoms with Gasteiger partial charge in [-0.3, -0.25) is 4.79 Å². The van der Waals surface area contributed by atoms with Crippen molar-refractivity contribution in [2.75, 3.05) is 20.7 Å². The summed E-state index contributed by atoms with van der Waals surface area (Å²) in [5.41, 5.74) is 6.39. The summed E-state index contributed by atoms with van der Waals surface area (Å²) >= 11 is 6.01. The summed E-state index contributed by atoms with van der Waals surface area (Å²) in [4.78, 5) is 11.5. The Morgan fingerprint density at radius 3 is 2.74 bits per heavy atom. The third kappa shape index (κ3) is 4.01. The van der Waals surface area contributed by atoms with Gasteiger partial charge in [0.2, 0.25) is 0 Å². The van der Waals surface area contributed by atoms with Crippen LogP contribution in [0.3, 0.4) is 0 Å². The van der Waals surface area contributed by atoms with Crippen LogP contribution in [0.5, 0.6) is 11.5 Å². The van der Waals surface area contributed by atoms with Crippen LogP contribution in [0.4, 0.5) is 0 Å². The molecular formula is C13H19ClN2O3. The fourth-order valence-corrected chi connectivity index (χ4v) is 1.91. The average molecular weight is 287 g/mol. The number of benzene rings is 1. The number of likely N-dealkylation sites (N-methyl/N-ethyl adjacent to an activating group) is 1. The van der Waals surface area contributed by atoms with Crippen molar-refractivity contribution in [1.82, 2.24) is 5.32 Å². The Kier molecular flexibility index (Phi) is 5.92. The Morgan fingerprint density at radius 1 is 1.53 bits per heavy atom. The monoisotopic (exact) mass is 286 g/mol. The lowest BCUT2D eigenvalue weighted by atomic mass is 10.1. The van der Waals surface area contributed by atoms with Crippen LogP contribution in [0, 0.1) is 0 Å². The molecule has 0 bridgehead atoms. The van der Waals surface area contributed by atoms with Gasteiger partial charge in [-0.1, -0.05) is 11.6 Å².